The zero-order valence-electron chi connectivity index (χ0n) is 10.1. The Bertz CT molecular complexity index is 653. The maximum atomic E-state index is 11.9. The third kappa shape index (κ3) is 2.63. The zero-order chi connectivity index (χ0) is 14.3. The Hall–Kier alpha value is -0.870. The Labute approximate surface area is 125 Å². The molecule has 108 valence electrons. The second-order valence-corrected chi connectivity index (χ2v) is 5.84. The summed E-state index contributed by atoms with van der Waals surface area (Å²) in [6.07, 6.45) is 1.44. The summed E-state index contributed by atoms with van der Waals surface area (Å²) in [5.41, 5.74) is -0.905. The van der Waals surface area contributed by atoms with E-state index < -0.39 is 29.7 Å². The van der Waals surface area contributed by atoms with Crippen molar-refractivity contribution in [3.8, 4) is 0 Å². The standard InChI is InChI=1S/C11H11BrN2O5S/c12-2-1-5-4-14(11(17)13-9(5)16)7-3-6(15)8(18-7)10-19-20-10/h1-2,4,6-8,10,15H,3H2,(H,13,16,17)/t6-,7+,8-,10?/m0/s1. The molecule has 2 N–H and O–H groups in total. The minimum Gasteiger partial charge on any atom is -0.390 e. The number of hydrogen-bond donors (Lipinski definition) is 2. The lowest BCUT2D eigenvalue weighted by Gasteiger charge is -2.14. The number of H-pyrrole nitrogens is 1. The summed E-state index contributed by atoms with van der Waals surface area (Å²) in [7, 11) is 0. The molecule has 2 aliphatic heterocycles. The summed E-state index contributed by atoms with van der Waals surface area (Å²) in [6.45, 7) is 0. The van der Waals surface area contributed by atoms with Gasteiger partial charge in [-0.2, -0.15) is 0 Å². The van der Waals surface area contributed by atoms with Gasteiger partial charge < -0.3 is 9.84 Å². The van der Waals surface area contributed by atoms with Crippen LogP contribution >= 0.6 is 28.0 Å². The highest BCUT2D eigenvalue weighted by Crippen LogP contribution is 2.44. The van der Waals surface area contributed by atoms with Gasteiger partial charge in [0.15, 0.2) is 5.44 Å². The topological polar surface area (TPSA) is 96.9 Å². The van der Waals surface area contributed by atoms with Gasteiger partial charge in [-0.1, -0.05) is 15.9 Å². The number of aliphatic hydroxyl groups excluding tert-OH is 1. The Morgan fingerprint density at radius 3 is 2.95 bits per heavy atom. The van der Waals surface area contributed by atoms with E-state index in [0.29, 0.717) is 5.56 Å². The molecule has 20 heavy (non-hydrogen) atoms. The summed E-state index contributed by atoms with van der Waals surface area (Å²) in [4.78, 5) is 27.2. The van der Waals surface area contributed by atoms with Crippen LogP contribution in [0.25, 0.3) is 6.08 Å². The van der Waals surface area contributed by atoms with E-state index in [4.69, 9.17) is 8.92 Å². The van der Waals surface area contributed by atoms with Crippen molar-refractivity contribution in [1.82, 2.24) is 9.55 Å². The third-order valence-electron chi connectivity index (χ3n) is 3.16. The Morgan fingerprint density at radius 1 is 1.55 bits per heavy atom. The van der Waals surface area contributed by atoms with E-state index in [1.165, 1.54) is 33.9 Å². The molecule has 9 heteroatoms. The highest BCUT2D eigenvalue weighted by Gasteiger charge is 2.47. The molecule has 3 heterocycles. The number of nitrogens with zero attached hydrogens (tertiary/aromatic N) is 1. The highest BCUT2D eigenvalue weighted by molar-refractivity contribution is 9.11. The molecule has 0 aromatic carbocycles. The molecule has 2 aliphatic rings. The first-order chi connectivity index (χ1) is 9.60. The van der Waals surface area contributed by atoms with Gasteiger partial charge in [0.25, 0.3) is 5.56 Å². The molecule has 0 radical (unpaired) electrons. The van der Waals surface area contributed by atoms with Crippen LogP contribution in [0.15, 0.2) is 20.8 Å². The van der Waals surface area contributed by atoms with E-state index in [1.54, 1.807) is 0 Å². The molecule has 2 saturated heterocycles. The predicted octanol–water partition coefficient (Wildman–Crippen LogP) is 0.555. The van der Waals surface area contributed by atoms with E-state index in [1.807, 2.05) is 0 Å². The SMILES string of the molecule is O=c1[nH]c(=O)n([C@H]2C[C@H](O)[C@@H](C3OS3)O2)cc1C=CBr. The van der Waals surface area contributed by atoms with Crippen molar-refractivity contribution in [2.24, 2.45) is 0 Å². The molecule has 1 aromatic heterocycles. The lowest BCUT2D eigenvalue weighted by atomic mass is 10.2. The molecule has 0 saturated carbocycles. The normalized spacial score (nSPS) is 32.9. The molecule has 1 aromatic rings. The summed E-state index contributed by atoms with van der Waals surface area (Å²) < 4.78 is 12.0. The number of halogens is 1. The van der Waals surface area contributed by atoms with Crippen molar-refractivity contribution in [2.45, 2.75) is 30.3 Å². The summed E-state index contributed by atoms with van der Waals surface area (Å²) in [5.74, 6) is 0. The van der Waals surface area contributed by atoms with Crippen molar-refractivity contribution in [1.29, 1.82) is 0 Å². The summed E-state index contributed by atoms with van der Waals surface area (Å²) in [5, 5.41) is 9.92. The lowest BCUT2D eigenvalue weighted by molar-refractivity contribution is -0.0330. The zero-order valence-corrected chi connectivity index (χ0v) is 12.5. The van der Waals surface area contributed by atoms with Gasteiger partial charge in [-0.05, 0) is 11.1 Å². The lowest BCUT2D eigenvalue weighted by Crippen LogP contribution is -2.33. The van der Waals surface area contributed by atoms with Gasteiger partial charge in [0.05, 0.1) is 11.7 Å². The van der Waals surface area contributed by atoms with Gasteiger partial charge in [-0.15, -0.1) is 0 Å². The molecule has 0 aliphatic carbocycles. The quantitative estimate of drug-likeness (QED) is 0.602. The number of aliphatic hydroxyl groups is 1. The maximum Gasteiger partial charge on any atom is 0.330 e. The summed E-state index contributed by atoms with van der Waals surface area (Å²) in [6, 6.07) is 0. The molecule has 7 nitrogen and oxygen atoms in total. The Balaban J connectivity index is 1.92. The van der Waals surface area contributed by atoms with Crippen LogP contribution in [0.5, 0.6) is 0 Å². The van der Waals surface area contributed by atoms with Crippen molar-refractivity contribution in [2.75, 3.05) is 0 Å². The van der Waals surface area contributed by atoms with Crippen LogP contribution in [-0.4, -0.2) is 32.3 Å². The average molecular weight is 363 g/mol. The van der Waals surface area contributed by atoms with Crippen molar-refractivity contribution >= 4 is 34.0 Å². The minimum absolute atomic E-state index is 0.185. The largest absolute Gasteiger partial charge is 0.390 e. The first kappa shape index (κ1) is 14.1. The molecule has 0 amide bonds. The first-order valence-electron chi connectivity index (χ1n) is 5.88. The first-order valence-corrected chi connectivity index (χ1v) is 7.60. The number of rotatable bonds is 3. The van der Waals surface area contributed by atoms with Crippen LogP contribution in [0.1, 0.15) is 18.2 Å². The Kier molecular flexibility index (Phi) is 3.87. The van der Waals surface area contributed by atoms with Gasteiger partial charge in [0.1, 0.15) is 12.3 Å². The monoisotopic (exact) mass is 362 g/mol. The molecular weight excluding hydrogens is 352 g/mol. The minimum atomic E-state index is -0.700. The van der Waals surface area contributed by atoms with Gasteiger partial charge >= 0.3 is 5.69 Å². The van der Waals surface area contributed by atoms with Crippen molar-refractivity contribution in [3.05, 3.63) is 37.6 Å². The van der Waals surface area contributed by atoms with Crippen LogP contribution in [0.3, 0.4) is 0 Å². The molecule has 4 atom stereocenters. The fourth-order valence-corrected chi connectivity index (χ4v) is 2.95. The molecule has 1 unspecified atom stereocenters. The van der Waals surface area contributed by atoms with Crippen LogP contribution in [0.4, 0.5) is 0 Å². The van der Waals surface area contributed by atoms with Crippen molar-refractivity contribution < 1.29 is 14.0 Å². The molecule has 0 bridgehead atoms. The van der Waals surface area contributed by atoms with Gasteiger partial charge in [-0.3, -0.25) is 18.5 Å². The van der Waals surface area contributed by atoms with Crippen LogP contribution in [-0.2, 0) is 8.92 Å². The van der Waals surface area contributed by atoms with Gasteiger partial charge in [0.2, 0.25) is 0 Å². The van der Waals surface area contributed by atoms with E-state index in [-0.39, 0.29) is 11.9 Å². The maximum absolute atomic E-state index is 11.9. The number of ether oxygens (including phenoxy) is 1. The third-order valence-corrected chi connectivity index (χ3v) is 4.11. The van der Waals surface area contributed by atoms with Crippen LogP contribution < -0.4 is 11.2 Å². The second kappa shape index (κ2) is 5.49. The summed E-state index contributed by atoms with van der Waals surface area (Å²) >= 11 is 4.32. The van der Waals surface area contributed by atoms with Gasteiger partial charge in [0, 0.05) is 24.7 Å². The number of nitrogens with one attached hydrogen (secondary N) is 1. The highest BCUT2D eigenvalue weighted by atomic mass is 79.9. The van der Waals surface area contributed by atoms with E-state index in [2.05, 4.69) is 20.9 Å². The fourth-order valence-electron chi connectivity index (χ4n) is 2.14. The smallest absolute Gasteiger partial charge is 0.330 e. The molecular formula is C11H11BrN2O5S. The molecule has 2 fully saturated rings. The van der Waals surface area contributed by atoms with E-state index in [0.717, 1.165) is 0 Å². The van der Waals surface area contributed by atoms with Crippen LogP contribution in [0.2, 0.25) is 0 Å². The van der Waals surface area contributed by atoms with Crippen molar-refractivity contribution in [3.63, 3.8) is 0 Å². The average Bonchev–Trinajstić information content (AvgIpc) is 3.16. The molecule has 0 spiro atoms. The molecule has 3 rings (SSSR count). The van der Waals surface area contributed by atoms with Crippen LogP contribution in [0, 0.1) is 0 Å². The van der Waals surface area contributed by atoms with Gasteiger partial charge in [-0.25, -0.2) is 4.79 Å². The van der Waals surface area contributed by atoms with E-state index in [9.17, 15) is 14.7 Å². The fraction of sp³-hybridized carbons (Fsp3) is 0.455. The number of hydrogen-bond acceptors (Lipinski definition) is 6. The second-order valence-electron chi connectivity index (χ2n) is 4.46. The predicted molar refractivity (Wildman–Crippen MR) is 76.3 cm³/mol. The Morgan fingerprint density at radius 2 is 2.30 bits per heavy atom. The number of aromatic nitrogens is 2. The number of aromatic amines is 1. The van der Waals surface area contributed by atoms with E-state index >= 15 is 0 Å².